The number of hydrogen-bond donors (Lipinski definition) is 0. The predicted octanol–water partition coefficient (Wildman–Crippen LogP) is 4.56. The summed E-state index contributed by atoms with van der Waals surface area (Å²) in [5.74, 6) is -0.148. The third-order valence-corrected chi connectivity index (χ3v) is 4.98. The minimum Gasteiger partial charge on any atom is -0.406 e. The molecule has 0 atom stereocenters. The second kappa shape index (κ2) is 8.05. The van der Waals surface area contributed by atoms with Crippen molar-refractivity contribution in [1.82, 2.24) is 9.78 Å². The van der Waals surface area contributed by atoms with Gasteiger partial charge >= 0.3 is 5.97 Å². The van der Waals surface area contributed by atoms with E-state index in [4.69, 9.17) is 4.74 Å². The van der Waals surface area contributed by atoms with Gasteiger partial charge in [0.15, 0.2) is 0 Å². The Morgan fingerprint density at radius 2 is 1.85 bits per heavy atom. The fourth-order valence-electron chi connectivity index (χ4n) is 2.43. The largest absolute Gasteiger partial charge is 0.406 e. The molecule has 1 aromatic heterocycles. The molecule has 0 radical (unpaired) electrons. The Balaban J connectivity index is 2.11. The molecular weight excluding hydrogens is 366 g/mol. The van der Waals surface area contributed by atoms with E-state index in [2.05, 4.69) is 5.10 Å². The third kappa shape index (κ3) is 4.01. The molecule has 0 aliphatic carbocycles. The van der Waals surface area contributed by atoms with Gasteiger partial charge in [0, 0.05) is 12.5 Å². The van der Waals surface area contributed by atoms with Crippen LogP contribution in [0.15, 0.2) is 64.4 Å². The maximum absolute atomic E-state index is 12.0. The van der Waals surface area contributed by atoms with Crippen molar-refractivity contribution in [2.24, 2.45) is 0 Å². The van der Waals surface area contributed by atoms with Crippen LogP contribution < -0.4 is 4.74 Å². The summed E-state index contributed by atoms with van der Waals surface area (Å²) in [4.78, 5) is 23.9. The van der Waals surface area contributed by atoms with E-state index in [-0.39, 0.29) is 18.0 Å². The Kier molecular flexibility index (Phi) is 5.56. The van der Waals surface area contributed by atoms with Crippen LogP contribution in [0.1, 0.15) is 19.0 Å². The van der Waals surface area contributed by atoms with Gasteiger partial charge in [0.1, 0.15) is 0 Å². The van der Waals surface area contributed by atoms with Crippen molar-refractivity contribution in [3.63, 3.8) is 0 Å². The van der Waals surface area contributed by atoms with Crippen LogP contribution in [0.4, 0.5) is 5.69 Å². The lowest BCUT2D eigenvalue weighted by Gasteiger charge is -2.09. The lowest BCUT2D eigenvalue weighted by Crippen LogP contribution is -2.10. The molecule has 0 fully saturated rings. The standard InChI is InChI=1S/C19H17N3O4S/c1-3-17(23)26-19-18(27-16-12-8-7-11-15(16)22(24)25)13(2)20-21(19)14-9-5-4-6-10-14/h4-12H,3H2,1-2H3. The first-order valence-electron chi connectivity index (χ1n) is 8.28. The number of nitro benzene ring substituents is 1. The Bertz CT molecular complexity index is 986. The highest BCUT2D eigenvalue weighted by Crippen LogP contribution is 2.42. The van der Waals surface area contributed by atoms with Crippen molar-refractivity contribution in [3.8, 4) is 11.6 Å². The van der Waals surface area contributed by atoms with Gasteiger partial charge in [-0.2, -0.15) is 9.78 Å². The maximum atomic E-state index is 12.0. The van der Waals surface area contributed by atoms with E-state index in [1.165, 1.54) is 6.07 Å². The van der Waals surface area contributed by atoms with Gasteiger partial charge in [-0.1, -0.05) is 49.0 Å². The number of aryl methyl sites for hydroxylation is 1. The fourth-order valence-corrected chi connectivity index (χ4v) is 3.44. The summed E-state index contributed by atoms with van der Waals surface area (Å²) in [7, 11) is 0. The highest BCUT2D eigenvalue weighted by Gasteiger charge is 2.24. The zero-order chi connectivity index (χ0) is 19.4. The van der Waals surface area contributed by atoms with Gasteiger partial charge in [0.2, 0.25) is 5.88 Å². The molecule has 3 rings (SSSR count). The Labute approximate surface area is 160 Å². The normalized spacial score (nSPS) is 10.6. The molecule has 27 heavy (non-hydrogen) atoms. The first kappa shape index (κ1) is 18.7. The SMILES string of the molecule is CCC(=O)Oc1c(Sc2ccccc2[N+](=O)[O-])c(C)nn1-c1ccccc1. The molecular formula is C19H17N3O4S. The Morgan fingerprint density at radius 1 is 1.19 bits per heavy atom. The van der Waals surface area contributed by atoms with Gasteiger partial charge in [0.25, 0.3) is 5.69 Å². The molecule has 0 aliphatic heterocycles. The number of carbonyl (C=O) groups is 1. The molecule has 2 aromatic carbocycles. The van der Waals surface area contributed by atoms with E-state index < -0.39 is 10.9 Å². The lowest BCUT2D eigenvalue weighted by atomic mass is 10.3. The van der Waals surface area contributed by atoms with E-state index in [0.717, 1.165) is 17.4 Å². The molecule has 0 unspecified atom stereocenters. The third-order valence-electron chi connectivity index (χ3n) is 3.74. The van der Waals surface area contributed by atoms with E-state index in [9.17, 15) is 14.9 Å². The van der Waals surface area contributed by atoms with Crippen molar-refractivity contribution in [2.45, 2.75) is 30.1 Å². The molecule has 0 saturated heterocycles. The quantitative estimate of drug-likeness (QED) is 0.352. The van der Waals surface area contributed by atoms with E-state index in [1.54, 1.807) is 36.7 Å². The van der Waals surface area contributed by atoms with Gasteiger partial charge in [-0.3, -0.25) is 14.9 Å². The summed E-state index contributed by atoms with van der Waals surface area (Å²) in [6.45, 7) is 3.48. The number of para-hydroxylation sites is 2. The molecule has 138 valence electrons. The summed E-state index contributed by atoms with van der Waals surface area (Å²) in [6, 6.07) is 15.7. The fraction of sp³-hybridized carbons (Fsp3) is 0.158. The molecule has 0 saturated carbocycles. The van der Waals surface area contributed by atoms with Crippen LogP contribution in [0.25, 0.3) is 5.69 Å². The van der Waals surface area contributed by atoms with Gasteiger partial charge in [-0.05, 0) is 25.1 Å². The topological polar surface area (TPSA) is 87.3 Å². The number of nitrogens with zero attached hydrogens (tertiary/aromatic N) is 3. The number of aromatic nitrogens is 2. The van der Waals surface area contributed by atoms with Crippen molar-refractivity contribution < 1.29 is 14.5 Å². The smallest absolute Gasteiger partial charge is 0.312 e. The van der Waals surface area contributed by atoms with Gasteiger partial charge in [-0.15, -0.1) is 0 Å². The molecule has 0 bridgehead atoms. The lowest BCUT2D eigenvalue weighted by molar-refractivity contribution is -0.387. The minimum atomic E-state index is -0.434. The molecule has 3 aromatic rings. The van der Waals surface area contributed by atoms with Crippen LogP contribution in [0.3, 0.4) is 0 Å². The predicted molar refractivity (Wildman–Crippen MR) is 101 cm³/mol. The summed E-state index contributed by atoms with van der Waals surface area (Å²) < 4.78 is 7.09. The first-order chi connectivity index (χ1) is 13.0. The number of rotatable bonds is 6. The van der Waals surface area contributed by atoms with E-state index >= 15 is 0 Å². The second-order valence-electron chi connectivity index (χ2n) is 5.62. The van der Waals surface area contributed by atoms with Gasteiger partial charge in [0.05, 0.1) is 26.1 Å². The van der Waals surface area contributed by atoms with Crippen LogP contribution in [-0.2, 0) is 4.79 Å². The zero-order valence-electron chi connectivity index (χ0n) is 14.8. The maximum Gasteiger partial charge on any atom is 0.312 e. The highest BCUT2D eigenvalue weighted by atomic mass is 32.2. The summed E-state index contributed by atoms with van der Waals surface area (Å²) in [6.07, 6.45) is 0.203. The first-order valence-corrected chi connectivity index (χ1v) is 9.10. The summed E-state index contributed by atoms with van der Waals surface area (Å²) in [5, 5.41) is 15.8. The molecule has 8 heteroatoms. The minimum absolute atomic E-state index is 0.0119. The Hall–Kier alpha value is -3.13. The van der Waals surface area contributed by atoms with Gasteiger partial charge in [-0.25, -0.2) is 0 Å². The van der Waals surface area contributed by atoms with Crippen molar-refractivity contribution in [3.05, 3.63) is 70.4 Å². The van der Waals surface area contributed by atoms with E-state index in [0.29, 0.717) is 15.5 Å². The zero-order valence-corrected chi connectivity index (χ0v) is 15.6. The van der Waals surface area contributed by atoms with Crippen molar-refractivity contribution in [1.29, 1.82) is 0 Å². The van der Waals surface area contributed by atoms with Crippen LogP contribution in [0.2, 0.25) is 0 Å². The van der Waals surface area contributed by atoms with Crippen molar-refractivity contribution in [2.75, 3.05) is 0 Å². The number of benzene rings is 2. The average Bonchev–Trinajstić information content (AvgIpc) is 2.98. The van der Waals surface area contributed by atoms with Crippen LogP contribution in [0.5, 0.6) is 5.88 Å². The Morgan fingerprint density at radius 3 is 2.52 bits per heavy atom. The summed E-state index contributed by atoms with van der Waals surface area (Å²) in [5.41, 5.74) is 1.33. The molecule has 0 aliphatic rings. The molecule has 0 amide bonds. The number of carbonyl (C=O) groups excluding carboxylic acids is 1. The molecule has 0 spiro atoms. The number of hydrogen-bond acceptors (Lipinski definition) is 6. The van der Waals surface area contributed by atoms with Crippen LogP contribution in [0, 0.1) is 17.0 Å². The molecule has 1 heterocycles. The average molecular weight is 383 g/mol. The monoisotopic (exact) mass is 383 g/mol. The van der Waals surface area contributed by atoms with Gasteiger partial charge < -0.3 is 4.74 Å². The summed E-state index contributed by atoms with van der Waals surface area (Å²) >= 11 is 1.16. The van der Waals surface area contributed by atoms with E-state index in [1.807, 2.05) is 30.3 Å². The number of nitro groups is 1. The van der Waals surface area contributed by atoms with Crippen LogP contribution >= 0.6 is 11.8 Å². The van der Waals surface area contributed by atoms with Crippen LogP contribution in [-0.4, -0.2) is 20.7 Å². The number of esters is 1. The molecule has 0 N–H and O–H groups in total. The van der Waals surface area contributed by atoms with Crippen molar-refractivity contribution >= 4 is 23.4 Å². The number of ether oxygens (including phenoxy) is 1. The second-order valence-corrected chi connectivity index (χ2v) is 6.67. The molecule has 7 nitrogen and oxygen atoms in total. The highest BCUT2D eigenvalue weighted by molar-refractivity contribution is 7.99.